The summed E-state index contributed by atoms with van der Waals surface area (Å²) in [7, 11) is 0. The van der Waals surface area contributed by atoms with E-state index in [-0.39, 0.29) is 0 Å². The normalized spacial score (nSPS) is 18.4. The molecular weight excluding hydrogens is 274 g/mol. The molecule has 1 aliphatic heterocycles. The molecule has 1 atom stereocenters. The van der Waals surface area contributed by atoms with Crippen molar-refractivity contribution in [3.63, 3.8) is 0 Å². The number of aromatic nitrogens is 2. The Kier molecular flexibility index (Phi) is 6.56. The van der Waals surface area contributed by atoms with Crippen LogP contribution < -0.4 is 5.32 Å². The van der Waals surface area contributed by atoms with Crippen LogP contribution in [0.15, 0.2) is 11.1 Å². The summed E-state index contributed by atoms with van der Waals surface area (Å²) in [5.74, 6) is 2.56. The fourth-order valence-electron chi connectivity index (χ4n) is 2.03. The SMILES string of the molecule is CCNc1cc(SCC2CCCO2)nc(COCC)n1. The average Bonchev–Trinajstić information content (AvgIpc) is 2.96. The molecule has 2 rings (SSSR count). The number of rotatable bonds is 8. The van der Waals surface area contributed by atoms with Gasteiger partial charge in [-0.25, -0.2) is 9.97 Å². The summed E-state index contributed by atoms with van der Waals surface area (Å²) in [4.78, 5) is 8.99. The lowest BCUT2D eigenvalue weighted by Crippen LogP contribution is -2.09. The van der Waals surface area contributed by atoms with E-state index >= 15 is 0 Å². The summed E-state index contributed by atoms with van der Waals surface area (Å²) in [5.41, 5.74) is 0. The van der Waals surface area contributed by atoms with Gasteiger partial charge in [-0.3, -0.25) is 0 Å². The van der Waals surface area contributed by atoms with Crippen molar-refractivity contribution in [2.24, 2.45) is 0 Å². The molecule has 0 amide bonds. The van der Waals surface area contributed by atoms with Crippen molar-refractivity contribution in [2.45, 2.75) is 44.4 Å². The Labute approximate surface area is 124 Å². The monoisotopic (exact) mass is 297 g/mol. The molecule has 5 nitrogen and oxygen atoms in total. The van der Waals surface area contributed by atoms with Gasteiger partial charge in [0.05, 0.1) is 6.10 Å². The lowest BCUT2D eigenvalue weighted by Gasteiger charge is -2.11. The van der Waals surface area contributed by atoms with Crippen molar-refractivity contribution in [1.29, 1.82) is 0 Å². The van der Waals surface area contributed by atoms with E-state index in [1.54, 1.807) is 11.8 Å². The van der Waals surface area contributed by atoms with Crippen LogP contribution in [0.3, 0.4) is 0 Å². The fraction of sp³-hybridized carbons (Fsp3) is 0.714. The van der Waals surface area contributed by atoms with Crippen LogP contribution in [-0.4, -0.2) is 41.6 Å². The number of nitrogens with one attached hydrogen (secondary N) is 1. The van der Waals surface area contributed by atoms with Crippen LogP contribution in [0.5, 0.6) is 0 Å². The van der Waals surface area contributed by atoms with Crippen LogP contribution in [-0.2, 0) is 16.1 Å². The molecule has 6 heteroatoms. The first-order valence-electron chi connectivity index (χ1n) is 7.25. The van der Waals surface area contributed by atoms with Crippen molar-refractivity contribution >= 4 is 17.6 Å². The first-order valence-corrected chi connectivity index (χ1v) is 8.24. The highest BCUT2D eigenvalue weighted by Crippen LogP contribution is 2.24. The van der Waals surface area contributed by atoms with Gasteiger partial charge < -0.3 is 14.8 Å². The van der Waals surface area contributed by atoms with Gasteiger partial charge in [-0.05, 0) is 26.7 Å². The largest absolute Gasteiger partial charge is 0.377 e. The molecular formula is C14H23N3O2S. The van der Waals surface area contributed by atoms with Crippen LogP contribution in [0, 0.1) is 0 Å². The minimum atomic E-state index is 0.368. The molecule has 0 radical (unpaired) electrons. The molecule has 0 spiro atoms. The first kappa shape index (κ1) is 15.5. The van der Waals surface area contributed by atoms with E-state index in [0.29, 0.717) is 19.3 Å². The maximum Gasteiger partial charge on any atom is 0.157 e. The third kappa shape index (κ3) is 4.92. The van der Waals surface area contributed by atoms with Crippen molar-refractivity contribution < 1.29 is 9.47 Å². The molecule has 1 aromatic heterocycles. The Morgan fingerprint density at radius 2 is 2.35 bits per heavy atom. The van der Waals surface area contributed by atoms with E-state index in [9.17, 15) is 0 Å². The van der Waals surface area contributed by atoms with Gasteiger partial charge in [-0.2, -0.15) is 0 Å². The van der Waals surface area contributed by atoms with E-state index in [1.807, 2.05) is 13.0 Å². The minimum absolute atomic E-state index is 0.368. The van der Waals surface area contributed by atoms with Crippen molar-refractivity contribution in [3.05, 3.63) is 11.9 Å². The molecule has 1 fully saturated rings. The molecule has 0 saturated carbocycles. The van der Waals surface area contributed by atoms with Crippen LogP contribution in [0.25, 0.3) is 0 Å². The van der Waals surface area contributed by atoms with Crippen molar-refractivity contribution in [3.8, 4) is 0 Å². The molecule has 20 heavy (non-hydrogen) atoms. The van der Waals surface area contributed by atoms with E-state index in [0.717, 1.165) is 42.0 Å². The smallest absolute Gasteiger partial charge is 0.157 e. The van der Waals surface area contributed by atoms with Crippen LogP contribution in [0.1, 0.15) is 32.5 Å². The lowest BCUT2D eigenvalue weighted by atomic mass is 10.3. The second kappa shape index (κ2) is 8.44. The van der Waals surface area contributed by atoms with Gasteiger partial charge >= 0.3 is 0 Å². The van der Waals surface area contributed by atoms with Gasteiger partial charge in [0.25, 0.3) is 0 Å². The number of nitrogens with zero attached hydrogens (tertiary/aromatic N) is 2. The van der Waals surface area contributed by atoms with Crippen LogP contribution >= 0.6 is 11.8 Å². The molecule has 1 N–H and O–H groups in total. The molecule has 112 valence electrons. The van der Waals surface area contributed by atoms with Crippen LogP contribution in [0.2, 0.25) is 0 Å². The van der Waals surface area contributed by atoms with Crippen LogP contribution in [0.4, 0.5) is 5.82 Å². The predicted octanol–water partition coefficient (Wildman–Crippen LogP) is 2.72. The molecule has 1 aromatic rings. The Morgan fingerprint density at radius 3 is 3.05 bits per heavy atom. The maximum atomic E-state index is 5.64. The Balaban J connectivity index is 1.98. The molecule has 1 aliphatic rings. The molecule has 2 heterocycles. The third-order valence-corrected chi connectivity index (χ3v) is 4.03. The van der Waals surface area contributed by atoms with Gasteiger partial charge in [0.15, 0.2) is 5.82 Å². The van der Waals surface area contributed by atoms with Crippen molar-refractivity contribution in [1.82, 2.24) is 9.97 Å². The Morgan fingerprint density at radius 1 is 1.45 bits per heavy atom. The zero-order valence-corrected chi connectivity index (χ0v) is 13.0. The maximum absolute atomic E-state index is 5.64. The summed E-state index contributed by atoms with van der Waals surface area (Å²) in [6.45, 7) is 6.91. The summed E-state index contributed by atoms with van der Waals surface area (Å²) < 4.78 is 11.0. The average molecular weight is 297 g/mol. The second-order valence-electron chi connectivity index (χ2n) is 4.62. The summed E-state index contributed by atoms with van der Waals surface area (Å²) in [6.07, 6.45) is 2.70. The molecule has 1 saturated heterocycles. The zero-order chi connectivity index (χ0) is 14.2. The van der Waals surface area contributed by atoms with Gasteiger partial charge in [-0.15, -0.1) is 11.8 Å². The van der Waals surface area contributed by atoms with Gasteiger partial charge in [-0.1, -0.05) is 0 Å². The Bertz CT molecular complexity index is 411. The topological polar surface area (TPSA) is 56.3 Å². The predicted molar refractivity (Wildman–Crippen MR) is 81.2 cm³/mol. The van der Waals surface area contributed by atoms with E-state index in [1.165, 1.54) is 6.42 Å². The number of hydrogen-bond acceptors (Lipinski definition) is 6. The number of ether oxygens (including phenoxy) is 2. The quantitative estimate of drug-likeness (QED) is 0.588. The first-order chi connectivity index (χ1) is 9.81. The number of anilines is 1. The number of thioether (sulfide) groups is 1. The molecule has 0 aromatic carbocycles. The summed E-state index contributed by atoms with van der Waals surface area (Å²) >= 11 is 1.73. The highest BCUT2D eigenvalue weighted by Gasteiger charge is 2.16. The standard InChI is InChI=1S/C14H23N3O2S/c1-3-15-12-8-14(17-13(16-12)9-18-4-2)20-10-11-6-5-7-19-11/h8,11H,3-7,9-10H2,1-2H3,(H,15,16,17). The minimum Gasteiger partial charge on any atom is -0.377 e. The molecule has 0 aliphatic carbocycles. The lowest BCUT2D eigenvalue weighted by molar-refractivity contribution is 0.127. The zero-order valence-electron chi connectivity index (χ0n) is 12.2. The fourth-order valence-corrected chi connectivity index (χ4v) is 3.01. The van der Waals surface area contributed by atoms with Gasteiger partial charge in [0, 0.05) is 31.6 Å². The highest BCUT2D eigenvalue weighted by molar-refractivity contribution is 7.99. The second-order valence-corrected chi connectivity index (χ2v) is 5.66. The van der Waals surface area contributed by atoms with E-state index in [2.05, 4.69) is 22.2 Å². The summed E-state index contributed by atoms with van der Waals surface area (Å²) in [5, 5.41) is 4.23. The highest BCUT2D eigenvalue weighted by atomic mass is 32.2. The molecule has 1 unspecified atom stereocenters. The van der Waals surface area contributed by atoms with Crippen molar-refractivity contribution in [2.75, 3.05) is 30.8 Å². The van der Waals surface area contributed by atoms with E-state index < -0.39 is 0 Å². The Hall–Kier alpha value is -0.850. The van der Waals surface area contributed by atoms with Gasteiger partial charge in [0.2, 0.25) is 0 Å². The molecule has 0 bridgehead atoms. The summed E-state index contributed by atoms with van der Waals surface area (Å²) in [6, 6.07) is 2.00. The number of hydrogen-bond donors (Lipinski definition) is 1. The third-order valence-electron chi connectivity index (χ3n) is 2.98. The van der Waals surface area contributed by atoms with E-state index in [4.69, 9.17) is 9.47 Å². The van der Waals surface area contributed by atoms with Gasteiger partial charge in [0.1, 0.15) is 17.5 Å².